The average molecular weight is 405 g/mol. The predicted molar refractivity (Wildman–Crippen MR) is 99.9 cm³/mol. The summed E-state index contributed by atoms with van der Waals surface area (Å²) in [6.07, 6.45) is 1.32. The van der Waals surface area contributed by atoms with Crippen molar-refractivity contribution in [2.45, 2.75) is 6.54 Å². The summed E-state index contributed by atoms with van der Waals surface area (Å²) in [5.41, 5.74) is 1.72. The molecular weight excluding hydrogens is 388 g/mol. The Morgan fingerprint density at radius 3 is 2.25 bits per heavy atom. The summed E-state index contributed by atoms with van der Waals surface area (Å²) in [5.74, 6) is -0.628. The van der Waals surface area contributed by atoms with Gasteiger partial charge in [-0.3, -0.25) is 0 Å². The Kier molecular flexibility index (Phi) is 6.27. The van der Waals surface area contributed by atoms with E-state index in [9.17, 15) is 17.2 Å². The summed E-state index contributed by atoms with van der Waals surface area (Å²) in [7, 11) is -3.60. The zero-order chi connectivity index (χ0) is 20.0. The van der Waals surface area contributed by atoms with Gasteiger partial charge in [-0.05, 0) is 54.6 Å². The second kappa shape index (κ2) is 8.85. The molecule has 3 rings (SSSR count). The van der Waals surface area contributed by atoms with Crippen LogP contribution in [0.2, 0.25) is 0 Å². The molecule has 1 N–H and O–H groups in total. The normalized spacial score (nSPS) is 11.4. The molecule has 3 aromatic rings. The number of ether oxygens (including phenoxy) is 1. The minimum atomic E-state index is -3.60. The van der Waals surface area contributed by atoms with E-state index in [-0.39, 0.29) is 24.7 Å². The van der Waals surface area contributed by atoms with Crippen LogP contribution in [-0.2, 0) is 16.6 Å². The molecule has 0 fully saturated rings. The van der Waals surface area contributed by atoms with Gasteiger partial charge in [-0.2, -0.15) is 0 Å². The Balaban J connectivity index is 1.54. The van der Waals surface area contributed by atoms with Gasteiger partial charge in [0.15, 0.2) is 0 Å². The van der Waals surface area contributed by atoms with E-state index in [4.69, 9.17) is 4.74 Å². The summed E-state index contributed by atoms with van der Waals surface area (Å²) in [6, 6.07) is 12.7. The number of rotatable bonds is 8. The number of aromatic nitrogens is 2. The fraction of sp³-hybridized carbons (Fsp3) is 0.158. The minimum Gasteiger partial charge on any atom is -0.492 e. The Morgan fingerprint density at radius 1 is 0.929 bits per heavy atom. The number of nitrogens with one attached hydrogen (secondary N) is 1. The maximum absolute atomic E-state index is 13.0. The van der Waals surface area contributed by atoms with Crippen LogP contribution in [0.1, 0.15) is 5.69 Å². The molecule has 0 unspecified atom stereocenters. The van der Waals surface area contributed by atoms with Crippen molar-refractivity contribution in [3.8, 4) is 17.0 Å². The van der Waals surface area contributed by atoms with Crippen molar-refractivity contribution < 1.29 is 21.9 Å². The number of sulfonamides is 1. The number of hydrogen-bond acceptors (Lipinski definition) is 5. The zero-order valence-corrected chi connectivity index (χ0v) is 15.5. The van der Waals surface area contributed by atoms with Crippen molar-refractivity contribution in [1.82, 2.24) is 14.7 Å². The van der Waals surface area contributed by atoms with Gasteiger partial charge in [-0.25, -0.2) is 31.9 Å². The first-order valence-electron chi connectivity index (χ1n) is 8.34. The lowest BCUT2D eigenvalue weighted by Gasteiger charge is -2.09. The molecule has 0 radical (unpaired) electrons. The van der Waals surface area contributed by atoms with Gasteiger partial charge in [-0.1, -0.05) is 0 Å². The summed E-state index contributed by atoms with van der Waals surface area (Å²) < 4.78 is 57.8. The minimum absolute atomic E-state index is 0.0183. The molecule has 9 heteroatoms. The predicted octanol–water partition coefficient (Wildman–Crippen LogP) is 2.92. The van der Waals surface area contributed by atoms with Gasteiger partial charge in [0.2, 0.25) is 10.0 Å². The largest absolute Gasteiger partial charge is 0.492 e. The second-order valence-electron chi connectivity index (χ2n) is 5.84. The van der Waals surface area contributed by atoms with Crippen molar-refractivity contribution in [2.24, 2.45) is 0 Å². The van der Waals surface area contributed by atoms with E-state index in [1.54, 1.807) is 18.2 Å². The van der Waals surface area contributed by atoms with Gasteiger partial charge in [0.25, 0.3) is 0 Å². The fourth-order valence-corrected chi connectivity index (χ4v) is 3.14. The average Bonchev–Trinajstić information content (AvgIpc) is 2.69. The van der Waals surface area contributed by atoms with Crippen LogP contribution in [0.3, 0.4) is 0 Å². The van der Waals surface area contributed by atoms with Gasteiger partial charge in [0.1, 0.15) is 30.3 Å². The van der Waals surface area contributed by atoms with Crippen LogP contribution in [0.4, 0.5) is 8.78 Å². The molecule has 0 aliphatic carbocycles. The molecule has 0 saturated heterocycles. The van der Waals surface area contributed by atoms with E-state index in [2.05, 4.69) is 14.7 Å². The zero-order valence-electron chi connectivity index (χ0n) is 14.7. The SMILES string of the molecule is O=S(=O)(CCOc1ccc(F)cc1)NCc1cc(-c2ccc(F)cc2)ncn1. The van der Waals surface area contributed by atoms with E-state index in [1.807, 2.05) is 0 Å². The maximum Gasteiger partial charge on any atom is 0.215 e. The summed E-state index contributed by atoms with van der Waals surface area (Å²) in [6.45, 7) is -0.0961. The van der Waals surface area contributed by atoms with Crippen LogP contribution in [0, 0.1) is 11.6 Å². The van der Waals surface area contributed by atoms with Crippen LogP contribution < -0.4 is 9.46 Å². The summed E-state index contributed by atoms with van der Waals surface area (Å²) in [5, 5.41) is 0. The molecule has 0 atom stereocenters. The van der Waals surface area contributed by atoms with Gasteiger partial charge in [0.05, 0.1) is 23.7 Å². The molecule has 0 bridgehead atoms. The first-order valence-corrected chi connectivity index (χ1v) is 9.99. The van der Waals surface area contributed by atoms with Crippen molar-refractivity contribution in [1.29, 1.82) is 0 Å². The van der Waals surface area contributed by atoms with Crippen molar-refractivity contribution in [2.75, 3.05) is 12.4 Å². The lowest BCUT2D eigenvalue weighted by molar-refractivity contribution is 0.339. The molecule has 146 valence electrons. The molecule has 0 amide bonds. The molecule has 0 saturated carbocycles. The quantitative estimate of drug-likeness (QED) is 0.623. The fourth-order valence-electron chi connectivity index (χ4n) is 2.33. The highest BCUT2D eigenvalue weighted by Gasteiger charge is 2.12. The molecular formula is C19H17F2N3O3S. The third-order valence-corrected chi connectivity index (χ3v) is 5.06. The van der Waals surface area contributed by atoms with Crippen LogP contribution in [0.25, 0.3) is 11.3 Å². The van der Waals surface area contributed by atoms with E-state index in [0.29, 0.717) is 22.7 Å². The maximum atomic E-state index is 13.0. The van der Waals surface area contributed by atoms with Gasteiger partial charge >= 0.3 is 0 Å². The summed E-state index contributed by atoms with van der Waals surface area (Å²) in [4.78, 5) is 8.16. The first-order chi connectivity index (χ1) is 13.4. The highest BCUT2D eigenvalue weighted by Crippen LogP contribution is 2.17. The Morgan fingerprint density at radius 2 is 1.57 bits per heavy atom. The van der Waals surface area contributed by atoms with Crippen LogP contribution in [-0.4, -0.2) is 30.7 Å². The molecule has 1 heterocycles. The third kappa shape index (κ3) is 5.80. The monoisotopic (exact) mass is 405 g/mol. The van der Waals surface area contributed by atoms with Gasteiger partial charge in [0, 0.05) is 5.56 Å². The Bertz CT molecular complexity index is 1030. The van der Waals surface area contributed by atoms with Gasteiger partial charge < -0.3 is 4.74 Å². The lowest BCUT2D eigenvalue weighted by atomic mass is 10.1. The molecule has 1 aromatic heterocycles. The van der Waals surface area contributed by atoms with E-state index in [0.717, 1.165) is 0 Å². The van der Waals surface area contributed by atoms with Crippen LogP contribution in [0.5, 0.6) is 5.75 Å². The molecule has 28 heavy (non-hydrogen) atoms. The molecule has 0 aliphatic heterocycles. The van der Waals surface area contributed by atoms with Crippen LogP contribution in [0.15, 0.2) is 60.9 Å². The van der Waals surface area contributed by atoms with Crippen molar-refractivity contribution >= 4 is 10.0 Å². The lowest BCUT2D eigenvalue weighted by Crippen LogP contribution is -2.29. The molecule has 2 aromatic carbocycles. The Labute approximate surface area is 161 Å². The van der Waals surface area contributed by atoms with E-state index in [1.165, 1.54) is 42.7 Å². The third-order valence-electron chi connectivity index (χ3n) is 3.77. The Hall–Kier alpha value is -2.91. The first kappa shape index (κ1) is 19.8. The highest BCUT2D eigenvalue weighted by atomic mass is 32.2. The van der Waals surface area contributed by atoms with Crippen LogP contribution >= 0.6 is 0 Å². The standard InChI is InChI=1S/C19H17F2N3O3S/c20-15-3-1-14(2-4-15)19-11-17(22-13-23-19)12-24-28(25,26)10-9-27-18-7-5-16(21)6-8-18/h1-8,11,13,24H,9-10,12H2. The van der Waals surface area contributed by atoms with Crippen molar-refractivity contribution in [3.05, 3.63) is 78.3 Å². The second-order valence-corrected chi connectivity index (χ2v) is 7.77. The van der Waals surface area contributed by atoms with Gasteiger partial charge in [-0.15, -0.1) is 0 Å². The van der Waals surface area contributed by atoms with E-state index < -0.39 is 15.8 Å². The molecule has 0 aliphatic rings. The smallest absolute Gasteiger partial charge is 0.215 e. The number of hydrogen-bond donors (Lipinski definition) is 1. The topological polar surface area (TPSA) is 81.2 Å². The van der Waals surface area contributed by atoms with E-state index >= 15 is 0 Å². The van der Waals surface area contributed by atoms with Crippen molar-refractivity contribution in [3.63, 3.8) is 0 Å². The highest BCUT2D eigenvalue weighted by molar-refractivity contribution is 7.89. The number of benzene rings is 2. The number of halogens is 2. The molecule has 6 nitrogen and oxygen atoms in total. The number of nitrogens with zero attached hydrogens (tertiary/aromatic N) is 2. The molecule has 0 spiro atoms. The summed E-state index contributed by atoms with van der Waals surface area (Å²) >= 11 is 0.